The molecule has 5 heteroatoms. The average molecular weight is 348 g/mol. The van der Waals surface area contributed by atoms with Crippen LogP contribution in [0.2, 0.25) is 0 Å². The van der Waals surface area contributed by atoms with E-state index in [9.17, 15) is 0 Å². The highest BCUT2D eigenvalue weighted by molar-refractivity contribution is 5.59. The average Bonchev–Trinajstić information content (AvgIpc) is 2.67. The fourth-order valence-electron chi connectivity index (χ4n) is 2.56. The number of hydrogen-bond donors (Lipinski definition) is 2. The van der Waals surface area contributed by atoms with Crippen LogP contribution in [0, 0.1) is 0 Å². The second kappa shape index (κ2) is 8.34. The predicted molar refractivity (Wildman–Crippen MR) is 106 cm³/mol. The summed E-state index contributed by atoms with van der Waals surface area (Å²) in [6, 6.07) is 18.3. The van der Waals surface area contributed by atoms with E-state index >= 15 is 0 Å². The minimum atomic E-state index is 0.525. The summed E-state index contributed by atoms with van der Waals surface area (Å²) >= 11 is 0. The van der Waals surface area contributed by atoms with Crippen molar-refractivity contribution in [2.45, 2.75) is 26.3 Å². The van der Waals surface area contributed by atoms with Gasteiger partial charge in [0, 0.05) is 18.3 Å². The summed E-state index contributed by atoms with van der Waals surface area (Å²) in [5.41, 5.74) is 3.48. The quantitative estimate of drug-likeness (QED) is 0.632. The first-order valence-electron chi connectivity index (χ1n) is 8.70. The van der Waals surface area contributed by atoms with Gasteiger partial charge in [-0.3, -0.25) is 0 Å². The van der Waals surface area contributed by atoms with E-state index < -0.39 is 0 Å². The number of aromatic nitrogens is 2. The summed E-state index contributed by atoms with van der Waals surface area (Å²) < 4.78 is 5.18. The minimum absolute atomic E-state index is 0.525. The Hall–Kier alpha value is -3.08. The van der Waals surface area contributed by atoms with Crippen LogP contribution >= 0.6 is 0 Å². The second-order valence-corrected chi connectivity index (χ2v) is 6.39. The van der Waals surface area contributed by atoms with E-state index in [0.29, 0.717) is 12.5 Å². The molecule has 0 aliphatic carbocycles. The van der Waals surface area contributed by atoms with Crippen LogP contribution in [0.4, 0.5) is 17.3 Å². The van der Waals surface area contributed by atoms with Gasteiger partial charge in [0.25, 0.3) is 0 Å². The SMILES string of the molecule is COc1ccc(CNc2cc(Nc3ccc(C(C)C)cc3)ncn2)cc1. The van der Waals surface area contributed by atoms with Gasteiger partial charge in [0.2, 0.25) is 0 Å². The largest absolute Gasteiger partial charge is 0.497 e. The summed E-state index contributed by atoms with van der Waals surface area (Å²) in [5, 5.41) is 6.63. The standard InChI is InChI=1S/C21H24N4O/c1-15(2)17-6-8-18(9-7-17)25-21-12-20(23-14-24-21)22-13-16-4-10-19(26-3)11-5-16/h4-12,14-15H,13H2,1-3H3,(H2,22,23,24,25). The maximum Gasteiger partial charge on any atom is 0.135 e. The molecule has 0 aliphatic rings. The van der Waals surface area contributed by atoms with Crippen LogP contribution in [0.1, 0.15) is 30.9 Å². The van der Waals surface area contributed by atoms with Crippen molar-refractivity contribution in [1.82, 2.24) is 9.97 Å². The van der Waals surface area contributed by atoms with Gasteiger partial charge >= 0.3 is 0 Å². The molecule has 3 aromatic rings. The fourth-order valence-corrected chi connectivity index (χ4v) is 2.56. The number of hydrogen-bond acceptors (Lipinski definition) is 5. The maximum absolute atomic E-state index is 5.18. The van der Waals surface area contributed by atoms with Crippen molar-refractivity contribution in [3.63, 3.8) is 0 Å². The molecule has 1 aromatic heterocycles. The monoisotopic (exact) mass is 348 g/mol. The summed E-state index contributed by atoms with van der Waals surface area (Å²) in [4.78, 5) is 8.57. The van der Waals surface area contributed by atoms with Crippen LogP contribution in [0.25, 0.3) is 0 Å². The summed E-state index contributed by atoms with van der Waals surface area (Å²) in [7, 11) is 1.67. The lowest BCUT2D eigenvalue weighted by atomic mass is 10.0. The zero-order valence-electron chi connectivity index (χ0n) is 15.4. The van der Waals surface area contributed by atoms with Crippen LogP contribution in [0.5, 0.6) is 5.75 Å². The third-order valence-electron chi connectivity index (χ3n) is 4.15. The van der Waals surface area contributed by atoms with Gasteiger partial charge in [0.05, 0.1) is 7.11 Å². The first kappa shape index (κ1) is 17.7. The van der Waals surface area contributed by atoms with Gasteiger partial charge in [-0.25, -0.2) is 9.97 Å². The molecule has 0 radical (unpaired) electrons. The van der Waals surface area contributed by atoms with Crippen LogP contribution in [-0.2, 0) is 6.54 Å². The third-order valence-corrected chi connectivity index (χ3v) is 4.15. The Morgan fingerprint density at radius 3 is 2.27 bits per heavy atom. The minimum Gasteiger partial charge on any atom is -0.497 e. The maximum atomic E-state index is 5.18. The molecule has 0 saturated heterocycles. The van der Waals surface area contributed by atoms with Crippen LogP contribution in [0.15, 0.2) is 60.9 Å². The molecule has 0 amide bonds. The van der Waals surface area contributed by atoms with Crippen molar-refractivity contribution < 1.29 is 4.74 Å². The van der Waals surface area contributed by atoms with Gasteiger partial charge in [-0.1, -0.05) is 38.1 Å². The number of anilines is 3. The lowest BCUT2D eigenvalue weighted by molar-refractivity contribution is 0.414. The molecule has 0 aliphatic heterocycles. The topological polar surface area (TPSA) is 59.1 Å². The van der Waals surface area contributed by atoms with Gasteiger partial charge in [-0.2, -0.15) is 0 Å². The Morgan fingerprint density at radius 2 is 1.62 bits per heavy atom. The molecule has 134 valence electrons. The normalized spacial score (nSPS) is 10.6. The Labute approximate surface area is 154 Å². The molecule has 2 aromatic carbocycles. The lowest BCUT2D eigenvalue weighted by Crippen LogP contribution is -2.03. The van der Waals surface area contributed by atoms with Gasteiger partial charge in [0.1, 0.15) is 23.7 Å². The third kappa shape index (κ3) is 4.72. The highest BCUT2D eigenvalue weighted by atomic mass is 16.5. The van der Waals surface area contributed by atoms with Gasteiger partial charge in [0.15, 0.2) is 0 Å². The van der Waals surface area contributed by atoms with Crippen molar-refractivity contribution >= 4 is 17.3 Å². The number of nitrogens with zero attached hydrogens (tertiary/aromatic N) is 2. The number of ether oxygens (including phenoxy) is 1. The summed E-state index contributed by atoms with van der Waals surface area (Å²) in [6.07, 6.45) is 1.56. The first-order valence-corrected chi connectivity index (χ1v) is 8.70. The van der Waals surface area contributed by atoms with Crippen LogP contribution < -0.4 is 15.4 Å². The van der Waals surface area contributed by atoms with Gasteiger partial charge in [-0.15, -0.1) is 0 Å². The van der Waals surface area contributed by atoms with Gasteiger partial charge in [-0.05, 0) is 41.3 Å². The molecule has 2 N–H and O–H groups in total. The molecular formula is C21H24N4O. The Kier molecular flexibility index (Phi) is 5.69. The van der Waals surface area contributed by atoms with E-state index in [-0.39, 0.29) is 0 Å². The number of nitrogens with one attached hydrogen (secondary N) is 2. The van der Waals surface area contributed by atoms with E-state index in [1.165, 1.54) is 5.56 Å². The van der Waals surface area contributed by atoms with Crippen molar-refractivity contribution in [1.29, 1.82) is 0 Å². The molecule has 0 unspecified atom stereocenters. The molecule has 0 atom stereocenters. The zero-order valence-corrected chi connectivity index (χ0v) is 15.4. The van der Waals surface area contributed by atoms with Crippen molar-refractivity contribution in [2.24, 2.45) is 0 Å². The molecule has 0 saturated carbocycles. The zero-order chi connectivity index (χ0) is 18.4. The first-order chi connectivity index (χ1) is 12.6. The molecule has 26 heavy (non-hydrogen) atoms. The van der Waals surface area contributed by atoms with Crippen LogP contribution in [-0.4, -0.2) is 17.1 Å². The van der Waals surface area contributed by atoms with E-state index in [2.05, 4.69) is 58.7 Å². The van der Waals surface area contributed by atoms with Gasteiger partial charge < -0.3 is 15.4 Å². The summed E-state index contributed by atoms with van der Waals surface area (Å²) in [5.74, 6) is 2.91. The molecular weight excluding hydrogens is 324 g/mol. The van der Waals surface area contributed by atoms with E-state index in [0.717, 1.165) is 28.6 Å². The van der Waals surface area contributed by atoms with Crippen molar-refractivity contribution in [3.05, 3.63) is 72.1 Å². The number of methoxy groups -OCH3 is 1. The molecule has 5 nitrogen and oxygen atoms in total. The highest BCUT2D eigenvalue weighted by Crippen LogP contribution is 2.20. The summed E-state index contributed by atoms with van der Waals surface area (Å²) in [6.45, 7) is 5.06. The van der Waals surface area contributed by atoms with Crippen molar-refractivity contribution in [3.8, 4) is 5.75 Å². The molecule has 0 bridgehead atoms. The fraction of sp³-hybridized carbons (Fsp3) is 0.238. The van der Waals surface area contributed by atoms with E-state index in [1.54, 1.807) is 13.4 Å². The highest BCUT2D eigenvalue weighted by Gasteiger charge is 2.02. The Bertz CT molecular complexity index is 829. The molecule has 0 fully saturated rings. The predicted octanol–water partition coefficient (Wildman–Crippen LogP) is 4.96. The Balaban J connectivity index is 1.62. The molecule has 1 heterocycles. The van der Waals surface area contributed by atoms with E-state index in [4.69, 9.17) is 4.74 Å². The number of rotatable bonds is 7. The van der Waals surface area contributed by atoms with E-state index in [1.807, 2.05) is 30.3 Å². The van der Waals surface area contributed by atoms with Crippen molar-refractivity contribution in [2.75, 3.05) is 17.7 Å². The Morgan fingerprint density at radius 1 is 0.923 bits per heavy atom. The molecule has 0 spiro atoms. The lowest BCUT2D eigenvalue weighted by Gasteiger charge is -2.10. The van der Waals surface area contributed by atoms with Crippen LogP contribution in [0.3, 0.4) is 0 Å². The smallest absolute Gasteiger partial charge is 0.135 e. The molecule has 3 rings (SSSR count). The number of benzene rings is 2. The second-order valence-electron chi connectivity index (χ2n) is 6.39.